The van der Waals surface area contributed by atoms with Gasteiger partial charge < -0.3 is 20.0 Å². The van der Waals surface area contributed by atoms with E-state index in [1.165, 1.54) is 4.90 Å². The Morgan fingerprint density at radius 3 is 2.52 bits per heavy atom. The number of carboxylic acids is 1. The van der Waals surface area contributed by atoms with Gasteiger partial charge in [-0.2, -0.15) is 0 Å². The van der Waals surface area contributed by atoms with E-state index >= 15 is 0 Å². The van der Waals surface area contributed by atoms with E-state index in [0.717, 1.165) is 19.3 Å². The Labute approximate surface area is 125 Å². The van der Waals surface area contributed by atoms with Crippen molar-refractivity contribution in [3.8, 4) is 0 Å². The molecule has 2 aliphatic rings. The molecule has 2 fully saturated rings. The molecule has 0 aromatic rings. The SMILES string of the molecule is CC(C)C1CCCN(C(=O)N2C[C@@H](O)C[C@H]2C(=O)O)CC1. The number of hydrogen-bond acceptors (Lipinski definition) is 3. The lowest BCUT2D eigenvalue weighted by Crippen LogP contribution is -2.48. The maximum Gasteiger partial charge on any atom is 0.326 e. The van der Waals surface area contributed by atoms with Crippen LogP contribution in [0.15, 0.2) is 0 Å². The molecule has 2 saturated heterocycles. The van der Waals surface area contributed by atoms with Crippen molar-refractivity contribution in [2.24, 2.45) is 11.8 Å². The number of carbonyl (C=O) groups is 2. The fourth-order valence-electron chi connectivity index (χ4n) is 3.42. The average Bonchev–Trinajstić information content (AvgIpc) is 2.66. The first-order chi connectivity index (χ1) is 9.90. The quantitative estimate of drug-likeness (QED) is 0.807. The molecule has 2 amide bonds. The van der Waals surface area contributed by atoms with Gasteiger partial charge in [0.05, 0.1) is 6.10 Å². The van der Waals surface area contributed by atoms with Gasteiger partial charge in [0.25, 0.3) is 0 Å². The predicted molar refractivity (Wildman–Crippen MR) is 77.9 cm³/mol. The molecule has 1 unspecified atom stereocenters. The molecule has 2 aliphatic heterocycles. The molecule has 6 nitrogen and oxygen atoms in total. The topological polar surface area (TPSA) is 81.1 Å². The molecule has 6 heteroatoms. The second kappa shape index (κ2) is 6.64. The summed E-state index contributed by atoms with van der Waals surface area (Å²) in [6.07, 6.45) is 2.45. The second-order valence-electron chi connectivity index (χ2n) is 6.60. The molecule has 3 atom stereocenters. The molecule has 0 bridgehead atoms. The Balaban J connectivity index is 2.00. The Kier molecular flexibility index (Phi) is 5.08. The largest absolute Gasteiger partial charge is 0.480 e. The summed E-state index contributed by atoms with van der Waals surface area (Å²) in [6, 6.07) is -1.12. The predicted octanol–water partition coefficient (Wildman–Crippen LogP) is 1.38. The third kappa shape index (κ3) is 3.67. The zero-order valence-corrected chi connectivity index (χ0v) is 12.9. The van der Waals surface area contributed by atoms with Crippen LogP contribution in [0.4, 0.5) is 4.79 Å². The first-order valence-electron chi connectivity index (χ1n) is 7.86. The number of urea groups is 1. The van der Waals surface area contributed by atoms with Crippen LogP contribution < -0.4 is 0 Å². The number of carboxylic acid groups (broad SMARTS) is 1. The maximum absolute atomic E-state index is 12.6. The zero-order valence-electron chi connectivity index (χ0n) is 12.9. The van der Waals surface area contributed by atoms with Gasteiger partial charge in [-0.1, -0.05) is 13.8 Å². The molecular weight excluding hydrogens is 272 g/mol. The van der Waals surface area contributed by atoms with E-state index in [2.05, 4.69) is 13.8 Å². The number of likely N-dealkylation sites (tertiary alicyclic amines) is 2. The normalized spacial score (nSPS) is 30.6. The van der Waals surface area contributed by atoms with Gasteiger partial charge in [0.15, 0.2) is 0 Å². The van der Waals surface area contributed by atoms with Crippen LogP contribution in [0.25, 0.3) is 0 Å². The molecule has 2 heterocycles. The van der Waals surface area contributed by atoms with Crippen LogP contribution in [0.1, 0.15) is 39.5 Å². The maximum atomic E-state index is 12.6. The third-order valence-electron chi connectivity index (χ3n) is 4.80. The number of aliphatic carboxylic acids is 1. The smallest absolute Gasteiger partial charge is 0.326 e. The van der Waals surface area contributed by atoms with Crippen LogP contribution in [0.3, 0.4) is 0 Å². The van der Waals surface area contributed by atoms with E-state index in [1.807, 2.05) is 0 Å². The first kappa shape index (κ1) is 16.1. The molecule has 0 radical (unpaired) electrons. The van der Waals surface area contributed by atoms with E-state index in [4.69, 9.17) is 0 Å². The molecule has 0 aromatic carbocycles. The molecule has 21 heavy (non-hydrogen) atoms. The fraction of sp³-hybridized carbons (Fsp3) is 0.867. The summed E-state index contributed by atoms with van der Waals surface area (Å²) in [5.74, 6) is 0.206. The van der Waals surface area contributed by atoms with E-state index in [9.17, 15) is 19.8 Å². The van der Waals surface area contributed by atoms with Crippen LogP contribution in [0.5, 0.6) is 0 Å². The Bertz CT molecular complexity index is 399. The molecule has 0 saturated carbocycles. The van der Waals surface area contributed by atoms with E-state index < -0.39 is 18.1 Å². The van der Waals surface area contributed by atoms with Crippen molar-refractivity contribution in [2.75, 3.05) is 19.6 Å². The number of hydrogen-bond donors (Lipinski definition) is 2. The van der Waals surface area contributed by atoms with Gasteiger partial charge in [-0.05, 0) is 31.1 Å². The number of aliphatic hydroxyl groups is 1. The number of rotatable bonds is 2. The van der Waals surface area contributed by atoms with E-state index in [1.54, 1.807) is 4.90 Å². The highest BCUT2D eigenvalue weighted by atomic mass is 16.4. The second-order valence-corrected chi connectivity index (χ2v) is 6.60. The highest BCUT2D eigenvalue weighted by Gasteiger charge is 2.40. The number of aliphatic hydroxyl groups excluding tert-OH is 1. The van der Waals surface area contributed by atoms with Gasteiger partial charge in [-0.3, -0.25) is 0 Å². The van der Waals surface area contributed by atoms with Crippen molar-refractivity contribution in [3.63, 3.8) is 0 Å². The highest BCUT2D eigenvalue weighted by molar-refractivity contribution is 5.83. The zero-order chi connectivity index (χ0) is 15.6. The first-order valence-corrected chi connectivity index (χ1v) is 7.86. The molecule has 0 spiro atoms. The van der Waals surface area contributed by atoms with Crippen LogP contribution >= 0.6 is 0 Å². The van der Waals surface area contributed by atoms with Crippen LogP contribution in [-0.4, -0.2) is 63.8 Å². The summed E-state index contributed by atoms with van der Waals surface area (Å²) in [4.78, 5) is 26.9. The molecule has 120 valence electrons. The minimum absolute atomic E-state index is 0.125. The summed E-state index contributed by atoms with van der Waals surface area (Å²) in [7, 11) is 0. The number of β-amino-alcohol motifs (C(OH)–C–C–N with tert-alkyl or cyclic N) is 1. The van der Waals surface area contributed by atoms with Crippen LogP contribution in [0.2, 0.25) is 0 Å². The van der Waals surface area contributed by atoms with E-state index in [0.29, 0.717) is 24.9 Å². The van der Waals surface area contributed by atoms with Gasteiger partial charge in [0.1, 0.15) is 6.04 Å². The molecular formula is C15H26N2O4. The number of amides is 2. The van der Waals surface area contributed by atoms with Crippen molar-refractivity contribution < 1.29 is 19.8 Å². The van der Waals surface area contributed by atoms with E-state index in [-0.39, 0.29) is 19.0 Å². The van der Waals surface area contributed by atoms with Crippen molar-refractivity contribution in [2.45, 2.75) is 51.7 Å². The van der Waals surface area contributed by atoms with Gasteiger partial charge in [-0.25, -0.2) is 9.59 Å². The lowest BCUT2D eigenvalue weighted by Gasteiger charge is -2.29. The summed E-state index contributed by atoms with van der Waals surface area (Å²) in [6.45, 7) is 5.90. The van der Waals surface area contributed by atoms with Crippen molar-refractivity contribution in [1.82, 2.24) is 9.80 Å². The van der Waals surface area contributed by atoms with Crippen molar-refractivity contribution >= 4 is 12.0 Å². The molecule has 0 aliphatic carbocycles. The van der Waals surface area contributed by atoms with Crippen LogP contribution in [0, 0.1) is 11.8 Å². The van der Waals surface area contributed by atoms with Gasteiger partial charge >= 0.3 is 12.0 Å². The number of carbonyl (C=O) groups excluding carboxylic acids is 1. The Morgan fingerprint density at radius 2 is 1.90 bits per heavy atom. The molecule has 2 N–H and O–H groups in total. The van der Waals surface area contributed by atoms with Crippen molar-refractivity contribution in [3.05, 3.63) is 0 Å². The number of nitrogens with zero attached hydrogens (tertiary/aromatic N) is 2. The standard InChI is InChI=1S/C15H26N2O4/c1-10(2)11-4-3-6-16(7-5-11)15(21)17-9-12(18)8-13(17)14(19)20/h10-13,18H,3-9H2,1-2H3,(H,19,20)/t11?,12-,13-/m0/s1. The Morgan fingerprint density at radius 1 is 1.19 bits per heavy atom. The minimum Gasteiger partial charge on any atom is -0.480 e. The van der Waals surface area contributed by atoms with Crippen LogP contribution in [-0.2, 0) is 4.79 Å². The molecule has 2 rings (SSSR count). The van der Waals surface area contributed by atoms with Crippen molar-refractivity contribution in [1.29, 1.82) is 0 Å². The molecule has 0 aromatic heterocycles. The Hall–Kier alpha value is -1.30. The summed E-state index contributed by atoms with van der Waals surface area (Å²) < 4.78 is 0. The summed E-state index contributed by atoms with van der Waals surface area (Å²) >= 11 is 0. The minimum atomic E-state index is -1.03. The third-order valence-corrected chi connectivity index (χ3v) is 4.80. The highest BCUT2D eigenvalue weighted by Crippen LogP contribution is 2.26. The average molecular weight is 298 g/mol. The fourth-order valence-corrected chi connectivity index (χ4v) is 3.42. The lowest BCUT2D eigenvalue weighted by molar-refractivity contribution is -0.141. The van der Waals surface area contributed by atoms with Gasteiger partial charge in [-0.15, -0.1) is 0 Å². The van der Waals surface area contributed by atoms with Gasteiger partial charge in [0, 0.05) is 26.1 Å². The van der Waals surface area contributed by atoms with Gasteiger partial charge in [0.2, 0.25) is 0 Å². The lowest BCUT2D eigenvalue weighted by atomic mass is 9.89. The monoisotopic (exact) mass is 298 g/mol. The summed E-state index contributed by atoms with van der Waals surface area (Å²) in [5.41, 5.74) is 0. The summed E-state index contributed by atoms with van der Waals surface area (Å²) in [5, 5.41) is 18.9.